The van der Waals surface area contributed by atoms with Crippen LogP contribution in [-0.2, 0) is 6.54 Å². The molecule has 2 N–H and O–H groups in total. The van der Waals surface area contributed by atoms with Crippen LogP contribution in [0, 0.1) is 12.7 Å². The van der Waals surface area contributed by atoms with Gasteiger partial charge in [-0.25, -0.2) is 14.4 Å². The maximum atomic E-state index is 13.6. The van der Waals surface area contributed by atoms with Gasteiger partial charge in [0, 0.05) is 12.1 Å². The molecule has 0 bridgehead atoms. The average molecular weight is 389 g/mol. The molecule has 4 rings (SSSR count). The number of aromatic nitrogens is 2. The summed E-state index contributed by atoms with van der Waals surface area (Å²) in [5, 5.41) is 6.69. The van der Waals surface area contributed by atoms with Crippen molar-refractivity contribution in [3.05, 3.63) is 52.3 Å². The van der Waals surface area contributed by atoms with E-state index >= 15 is 0 Å². The fourth-order valence-corrected chi connectivity index (χ4v) is 3.15. The Kier molecular flexibility index (Phi) is 4.26. The highest BCUT2D eigenvalue weighted by atomic mass is 35.5. The van der Waals surface area contributed by atoms with Crippen LogP contribution >= 0.6 is 11.6 Å². The average Bonchev–Trinajstić information content (AvgIpc) is 3.24. The molecular formula is C19H18ClFN4O2. The van der Waals surface area contributed by atoms with Crippen LogP contribution in [0.3, 0.4) is 0 Å². The molecule has 0 radical (unpaired) electrons. The zero-order chi connectivity index (χ0) is 19.2. The van der Waals surface area contributed by atoms with Crippen molar-refractivity contribution < 1.29 is 13.6 Å². The number of carbonyl (C=O) groups excluding carboxylic acids is 1. The van der Waals surface area contributed by atoms with E-state index in [2.05, 4.69) is 27.5 Å². The first kappa shape index (κ1) is 17.7. The summed E-state index contributed by atoms with van der Waals surface area (Å²) in [5.41, 5.74) is 1.19. The molecule has 6 nitrogen and oxygen atoms in total. The second-order valence-corrected chi connectivity index (χ2v) is 7.39. The van der Waals surface area contributed by atoms with Gasteiger partial charge in [-0.2, -0.15) is 0 Å². The quantitative estimate of drug-likeness (QED) is 0.684. The molecule has 0 aliphatic heterocycles. The summed E-state index contributed by atoms with van der Waals surface area (Å²) in [6.07, 6.45) is 3.48. The van der Waals surface area contributed by atoms with E-state index < -0.39 is 5.82 Å². The fraction of sp³-hybridized carbons (Fsp3) is 0.316. The van der Waals surface area contributed by atoms with Gasteiger partial charge in [-0.05, 0) is 38.3 Å². The van der Waals surface area contributed by atoms with Gasteiger partial charge < -0.3 is 15.1 Å². The molecule has 2 heterocycles. The molecule has 1 aliphatic carbocycles. The van der Waals surface area contributed by atoms with Crippen LogP contribution in [-0.4, -0.2) is 21.4 Å². The lowest BCUT2D eigenvalue weighted by atomic mass is 10.1. The first-order valence-corrected chi connectivity index (χ1v) is 8.99. The molecule has 1 aliphatic rings. The third kappa shape index (κ3) is 3.35. The van der Waals surface area contributed by atoms with Crippen molar-refractivity contribution in [1.29, 1.82) is 0 Å². The van der Waals surface area contributed by atoms with Crippen molar-refractivity contribution in [2.75, 3.05) is 5.32 Å². The van der Waals surface area contributed by atoms with Gasteiger partial charge in [-0.3, -0.25) is 4.79 Å². The smallest absolute Gasteiger partial charge is 0.255 e. The minimum Gasteiger partial charge on any atom is -0.442 e. The van der Waals surface area contributed by atoms with E-state index in [0.717, 1.165) is 12.8 Å². The maximum Gasteiger partial charge on any atom is 0.255 e. The number of nitrogens with zero attached hydrogens (tertiary/aromatic N) is 2. The highest BCUT2D eigenvalue weighted by Crippen LogP contribution is 2.40. The van der Waals surface area contributed by atoms with E-state index in [0.29, 0.717) is 33.8 Å². The number of amides is 1. The lowest BCUT2D eigenvalue weighted by Crippen LogP contribution is -2.24. The SMILES string of the molecule is Cc1oc2ncnc(NC3(C)CC3)c2c1C(=O)NCc1cccc(F)c1Cl. The Morgan fingerprint density at radius 3 is 2.89 bits per heavy atom. The Morgan fingerprint density at radius 1 is 1.37 bits per heavy atom. The summed E-state index contributed by atoms with van der Waals surface area (Å²) in [7, 11) is 0. The van der Waals surface area contributed by atoms with Crippen LogP contribution in [0.1, 0.15) is 41.4 Å². The molecule has 1 fully saturated rings. The largest absolute Gasteiger partial charge is 0.442 e. The van der Waals surface area contributed by atoms with Crippen LogP contribution in [0.4, 0.5) is 10.2 Å². The topological polar surface area (TPSA) is 80.1 Å². The zero-order valence-electron chi connectivity index (χ0n) is 14.9. The monoisotopic (exact) mass is 388 g/mol. The first-order valence-electron chi connectivity index (χ1n) is 8.61. The van der Waals surface area contributed by atoms with Gasteiger partial charge in [-0.15, -0.1) is 0 Å². The number of nitrogens with one attached hydrogen (secondary N) is 2. The Balaban J connectivity index is 1.65. The fourth-order valence-electron chi connectivity index (χ4n) is 2.96. The van der Waals surface area contributed by atoms with Gasteiger partial charge >= 0.3 is 0 Å². The number of hydrogen-bond donors (Lipinski definition) is 2. The van der Waals surface area contributed by atoms with E-state index in [-0.39, 0.29) is 23.0 Å². The highest BCUT2D eigenvalue weighted by molar-refractivity contribution is 6.31. The predicted molar refractivity (Wildman–Crippen MR) is 100 cm³/mol. The summed E-state index contributed by atoms with van der Waals surface area (Å²) < 4.78 is 19.2. The van der Waals surface area contributed by atoms with E-state index in [1.54, 1.807) is 19.1 Å². The van der Waals surface area contributed by atoms with Gasteiger partial charge in [0.05, 0.1) is 16.0 Å². The predicted octanol–water partition coefficient (Wildman–Crippen LogP) is 4.22. The molecule has 140 valence electrons. The molecule has 0 saturated heterocycles. The van der Waals surface area contributed by atoms with Crippen molar-refractivity contribution in [1.82, 2.24) is 15.3 Å². The van der Waals surface area contributed by atoms with Crippen LogP contribution in [0.5, 0.6) is 0 Å². The number of hydrogen-bond acceptors (Lipinski definition) is 5. The van der Waals surface area contributed by atoms with Crippen molar-refractivity contribution in [2.45, 2.75) is 38.8 Å². The van der Waals surface area contributed by atoms with E-state index in [9.17, 15) is 9.18 Å². The normalized spacial score (nSPS) is 15.0. The number of aryl methyl sites for hydroxylation is 1. The van der Waals surface area contributed by atoms with Crippen molar-refractivity contribution in [2.24, 2.45) is 0 Å². The Hall–Kier alpha value is -2.67. The lowest BCUT2D eigenvalue weighted by molar-refractivity contribution is 0.0951. The van der Waals surface area contributed by atoms with E-state index in [1.165, 1.54) is 12.4 Å². The summed E-state index contributed by atoms with van der Waals surface area (Å²) in [6, 6.07) is 4.48. The Bertz CT molecular complexity index is 1050. The molecule has 3 aromatic rings. The molecule has 8 heteroatoms. The van der Waals surface area contributed by atoms with Crippen LogP contribution in [0.15, 0.2) is 28.9 Å². The van der Waals surface area contributed by atoms with Crippen molar-refractivity contribution in [3.63, 3.8) is 0 Å². The molecule has 0 unspecified atom stereocenters. The van der Waals surface area contributed by atoms with Gasteiger partial charge in [0.15, 0.2) is 0 Å². The van der Waals surface area contributed by atoms with Crippen molar-refractivity contribution >= 4 is 34.4 Å². The summed E-state index contributed by atoms with van der Waals surface area (Å²) in [6.45, 7) is 3.89. The Labute approximate surface area is 160 Å². The second kappa shape index (κ2) is 6.49. The van der Waals surface area contributed by atoms with Crippen LogP contribution in [0.25, 0.3) is 11.1 Å². The van der Waals surface area contributed by atoms with Gasteiger partial charge in [0.2, 0.25) is 5.71 Å². The molecule has 27 heavy (non-hydrogen) atoms. The third-order valence-corrected chi connectivity index (χ3v) is 5.21. The number of rotatable bonds is 5. The summed E-state index contributed by atoms with van der Waals surface area (Å²) in [4.78, 5) is 21.3. The summed E-state index contributed by atoms with van der Waals surface area (Å²) in [5.74, 6) is 0.138. The number of furan rings is 1. The number of fused-ring (bicyclic) bond motifs is 1. The number of halogens is 2. The zero-order valence-corrected chi connectivity index (χ0v) is 15.7. The second-order valence-electron chi connectivity index (χ2n) is 7.02. The van der Waals surface area contributed by atoms with Crippen molar-refractivity contribution in [3.8, 4) is 0 Å². The minimum atomic E-state index is -0.522. The van der Waals surface area contributed by atoms with Gasteiger partial charge in [-0.1, -0.05) is 23.7 Å². The number of anilines is 1. The molecule has 1 aromatic carbocycles. The number of carbonyl (C=O) groups is 1. The van der Waals surface area contributed by atoms with Gasteiger partial charge in [0.25, 0.3) is 5.91 Å². The molecule has 0 atom stereocenters. The molecular weight excluding hydrogens is 371 g/mol. The molecule has 1 saturated carbocycles. The molecule has 1 amide bonds. The minimum absolute atomic E-state index is 0.000999. The highest BCUT2D eigenvalue weighted by Gasteiger charge is 2.38. The lowest BCUT2D eigenvalue weighted by Gasteiger charge is -2.13. The van der Waals surface area contributed by atoms with E-state index in [1.807, 2.05) is 0 Å². The van der Waals surface area contributed by atoms with Crippen LogP contribution in [0.2, 0.25) is 5.02 Å². The van der Waals surface area contributed by atoms with E-state index in [4.69, 9.17) is 16.0 Å². The number of benzene rings is 1. The molecule has 0 spiro atoms. The van der Waals surface area contributed by atoms with Gasteiger partial charge in [0.1, 0.15) is 23.7 Å². The molecule has 2 aromatic heterocycles. The first-order chi connectivity index (χ1) is 12.9. The standard InChI is InChI=1S/C19H18ClFN4O2/c1-10-13(17(26)22-8-11-4-3-5-12(21)15(11)20)14-16(25-19(2)6-7-19)23-9-24-18(14)27-10/h3-5,9H,6-8H2,1-2H3,(H,22,26)(H,23,24,25). The summed E-state index contributed by atoms with van der Waals surface area (Å²) >= 11 is 5.96. The van der Waals surface area contributed by atoms with Crippen LogP contribution < -0.4 is 10.6 Å². The third-order valence-electron chi connectivity index (χ3n) is 4.78. The maximum absolute atomic E-state index is 13.6. The Morgan fingerprint density at radius 2 is 2.15 bits per heavy atom.